The maximum Gasteiger partial charge on any atom is 0.231 e. The van der Waals surface area contributed by atoms with Crippen LogP contribution in [0.4, 0.5) is 0 Å². The second-order valence-corrected chi connectivity index (χ2v) is 5.09. The summed E-state index contributed by atoms with van der Waals surface area (Å²) in [6.45, 7) is 6.13. The molecule has 1 aromatic carbocycles. The Morgan fingerprint density at radius 3 is 2.53 bits per heavy atom. The maximum atomic E-state index is 5.93. The van der Waals surface area contributed by atoms with Crippen LogP contribution in [0.2, 0.25) is 0 Å². The summed E-state index contributed by atoms with van der Waals surface area (Å²) in [4.78, 5) is 4.46. The van der Waals surface area contributed by atoms with Gasteiger partial charge in [0.05, 0.1) is 5.92 Å². The predicted molar refractivity (Wildman–Crippen MR) is 75.0 cm³/mol. The molecular weight excluding hydrogens is 238 g/mol. The molecule has 2 atom stereocenters. The molecule has 0 aliphatic heterocycles. The number of nitrogens with zero attached hydrogens (tertiary/aromatic N) is 2. The van der Waals surface area contributed by atoms with Gasteiger partial charge in [-0.05, 0) is 25.8 Å². The zero-order valence-electron chi connectivity index (χ0n) is 11.8. The van der Waals surface area contributed by atoms with E-state index in [9.17, 15) is 0 Å². The van der Waals surface area contributed by atoms with Crippen molar-refractivity contribution in [3.05, 3.63) is 47.1 Å². The number of hydrogen-bond acceptors (Lipinski definition) is 4. The molecule has 0 bridgehead atoms. The van der Waals surface area contributed by atoms with Gasteiger partial charge in [0.25, 0.3) is 0 Å². The van der Waals surface area contributed by atoms with Gasteiger partial charge in [-0.3, -0.25) is 0 Å². The number of aryl methyl sites for hydroxylation is 1. The van der Waals surface area contributed by atoms with Crippen molar-refractivity contribution in [2.24, 2.45) is 5.73 Å². The summed E-state index contributed by atoms with van der Waals surface area (Å²) in [6, 6.07) is 8.39. The Hall–Kier alpha value is -1.68. The number of rotatable bonds is 5. The van der Waals surface area contributed by atoms with E-state index in [2.05, 4.69) is 48.3 Å². The van der Waals surface area contributed by atoms with E-state index < -0.39 is 0 Å². The Labute approximate surface area is 114 Å². The molecular formula is C15H21N3O. The lowest BCUT2D eigenvalue weighted by atomic mass is 9.99. The van der Waals surface area contributed by atoms with Crippen molar-refractivity contribution in [3.8, 4) is 0 Å². The highest BCUT2D eigenvalue weighted by atomic mass is 16.5. The highest BCUT2D eigenvalue weighted by Gasteiger charge is 2.20. The van der Waals surface area contributed by atoms with E-state index in [1.54, 1.807) is 0 Å². The lowest BCUT2D eigenvalue weighted by Gasteiger charge is -2.13. The van der Waals surface area contributed by atoms with Crippen LogP contribution in [-0.4, -0.2) is 16.2 Å². The van der Waals surface area contributed by atoms with Gasteiger partial charge in [-0.2, -0.15) is 4.98 Å². The van der Waals surface area contributed by atoms with E-state index >= 15 is 0 Å². The summed E-state index contributed by atoms with van der Waals surface area (Å²) >= 11 is 0. The number of hydrogen-bond donors (Lipinski definition) is 1. The van der Waals surface area contributed by atoms with E-state index in [1.807, 2.05) is 6.92 Å². The maximum absolute atomic E-state index is 5.93. The van der Waals surface area contributed by atoms with Gasteiger partial charge < -0.3 is 10.3 Å². The van der Waals surface area contributed by atoms with E-state index in [0.29, 0.717) is 12.3 Å². The Morgan fingerprint density at radius 2 is 1.95 bits per heavy atom. The molecule has 0 aliphatic carbocycles. The molecule has 2 aromatic rings. The normalized spacial score (nSPS) is 14.3. The van der Waals surface area contributed by atoms with Gasteiger partial charge in [0.15, 0.2) is 5.82 Å². The third kappa shape index (κ3) is 3.41. The zero-order valence-corrected chi connectivity index (χ0v) is 11.8. The fraction of sp³-hybridized carbons (Fsp3) is 0.467. The van der Waals surface area contributed by atoms with Crippen LogP contribution in [0.1, 0.15) is 49.0 Å². The van der Waals surface area contributed by atoms with Crippen LogP contribution in [0.5, 0.6) is 0 Å². The average molecular weight is 259 g/mol. The molecule has 0 saturated heterocycles. The molecule has 0 spiro atoms. The standard InChI is InChI=1S/C15H21N3O/c1-4-13(11(3)16)15-17-14(18-19-15)9-12-7-5-10(2)6-8-12/h5-8,11,13H,4,9,16H2,1-3H3. The first kappa shape index (κ1) is 13.7. The molecule has 0 radical (unpaired) electrons. The first-order valence-corrected chi connectivity index (χ1v) is 6.73. The number of nitrogens with two attached hydrogens (primary N) is 1. The third-order valence-corrected chi connectivity index (χ3v) is 3.36. The number of aromatic nitrogens is 2. The molecule has 2 unspecified atom stereocenters. The van der Waals surface area contributed by atoms with Crippen LogP contribution in [0.25, 0.3) is 0 Å². The Kier molecular flexibility index (Phi) is 4.32. The smallest absolute Gasteiger partial charge is 0.231 e. The van der Waals surface area contributed by atoms with E-state index in [1.165, 1.54) is 11.1 Å². The fourth-order valence-electron chi connectivity index (χ4n) is 2.15. The van der Waals surface area contributed by atoms with Crippen molar-refractivity contribution < 1.29 is 4.52 Å². The predicted octanol–water partition coefficient (Wildman–Crippen LogP) is 2.81. The van der Waals surface area contributed by atoms with Crippen molar-refractivity contribution in [1.29, 1.82) is 0 Å². The lowest BCUT2D eigenvalue weighted by molar-refractivity contribution is 0.331. The topological polar surface area (TPSA) is 64.9 Å². The number of benzene rings is 1. The second-order valence-electron chi connectivity index (χ2n) is 5.09. The van der Waals surface area contributed by atoms with Crippen molar-refractivity contribution in [3.63, 3.8) is 0 Å². The molecule has 0 fully saturated rings. The fourth-order valence-corrected chi connectivity index (χ4v) is 2.15. The quantitative estimate of drug-likeness (QED) is 0.896. The van der Waals surface area contributed by atoms with Crippen LogP contribution >= 0.6 is 0 Å². The Balaban J connectivity index is 2.10. The minimum absolute atomic E-state index is 0.0256. The Bertz CT molecular complexity index is 516. The van der Waals surface area contributed by atoms with Crippen molar-refractivity contribution >= 4 is 0 Å². The summed E-state index contributed by atoms with van der Waals surface area (Å²) in [5.74, 6) is 1.51. The van der Waals surface area contributed by atoms with Gasteiger partial charge in [0.1, 0.15) is 0 Å². The van der Waals surface area contributed by atoms with Crippen LogP contribution < -0.4 is 5.73 Å². The van der Waals surface area contributed by atoms with Crippen molar-refractivity contribution in [2.75, 3.05) is 0 Å². The van der Waals surface area contributed by atoms with Crippen LogP contribution in [-0.2, 0) is 6.42 Å². The van der Waals surface area contributed by atoms with E-state index in [0.717, 1.165) is 12.2 Å². The highest BCUT2D eigenvalue weighted by Crippen LogP contribution is 2.21. The molecule has 0 saturated carbocycles. The minimum Gasteiger partial charge on any atom is -0.339 e. The summed E-state index contributed by atoms with van der Waals surface area (Å²) in [6.07, 6.45) is 1.60. The van der Waals surface area contributed by atoms with Gasteiger partial charge in [-0.15, -0.1) is 0 Å². The minimum atomic E-state index is 0.0256. The molecule has 4 heteroatoms. The van der Waals surface area contributed by atoms with Gasteiger partial charge in [-0.1, -0.05) is 41.9 Å². The van der Waals surface area contributed by atoms with Gasteiger partial charge >= 0.3 is 0 Å². The van der Waals surface area contributed by atoms with Gasteiger partial charge in [-0.25, -0.2) is 0 Å². The van der Waals surface area contributed by atoms with Crippen molar-refractivity contribution in [1.82, 2.24) is 10.1 Å². The lowest BCUT2D eigenvalue weighted by Crippen LogP contribution is -2.24. The second kappa shape index (κ2) is 5.97. The third-order valence-electron chi connectivity index (χ3n) is 3.36. The van der Waals surface area contributed by atoms with E-state index in [-0.39, 0.29) is 12.0 Å². The highest BCUT2D eigenvalue weighted by molar-refractivity contribution is 5.23. The summed E-state index contributed by atoms with van der Waals surface area (Å²) in [5, 5.41) is 4.04. The van der Waals surface area contributed by atoms with Crippen LogP contribution in [0.15, 0.2) is 28.8 Å². The molecule has 0 aliphatic rings. The Morgan fingerprint density at radius 1 is 1.26 bits per heavy atom. The molecule has 1 aromatic heterocycles. The molecule has 1 heterocycles. The summed E-state index contributed by atoms with van der Waals surface area (Å²) < 4.78 is 5.33. The van der Waals surface area contributed by atoms with E-state index in [4.69, 9.17) is 10.3 Å². The average Bonchev–Trinajstić information content (AvgIpc) is 2.81. The molecule has 2 N–H and O–H groups in total. The molecule has 2 rings (SSSR count). The zero-order chi connectivity index (χ0) is 13.8. The summed E-state index contributed by atoms with van der Waals surface area (Å²) in [7, 11) is 0. The molecule has 19 heavy (non-hydrogen) atoms. The first-order chi connectivity index (χ1) is 9.10. The first-order valence-electron chi connectivity index (χ1n) is 6.73. The van der Waals surface area contributed by atoms with Gasteiger partial charge in [0, 0.05) is 12.5 Å². The van der Waals surface area contributed by atoms with Gasteiger partial charge in [0.2, 0.25) is 5.89 Å². The molecule has 102 valence electrons. The van der Waals surface area contributed by atoms with Crippen LogP contribution in [0, 0.1) is 6.92 Å². The molecule has 4 nitrogen and oxygen atoms in total. The largest absolute Gasteiger partial charge is 0.339 e. The van der Waals surface area contributed by atoms with Crippen LogP contribution in [0.3, 0.4) is 0 Å². The molecule has 0 amide bonds. The summed E-state index contributed by atoms with van der Waals surface area (Å²) in [5.41, 5.74) is 8.37. The SMILES string of the molecule is CCC(c1nc(Cc2ccc(C)cc2)no1)C(C)N. The monoisotopic (exact) mass is 259 g/mol. The van der Waals surface area contributed by atoms with Crippen molar-refractivity contribution in [2.45, 2.75) is 45.6 Å².